The van der Waals surface area contributed by atoms with Crippen molar-refractivity contribution in [2.24, 2.45) is 5.14 Å². The molecular formula is C16H18N2O3S2. The van der Waals surface area contributed by atoms with Gasteiger partial charge in [-0.25, -0.2) is 13.6 Å². The number of primary sulfonamides is 1. The standard InChI is InChI=1S/C16H18N2O3S2/c1-12(13-7-9-15(10-8-13)23(17,20)21)18-16(19)11-22-14-5-3-2-4-6-14/h2-10,12H,11H2,1H3,(H,18,19)(H2,17,20,21)/t12-/m1/s1. The molecule has 2 aromatic rings. The Bertz CT molecular complexity index is 760. The second kappa shape index (κ2) is 7.63. The van der Waals surface area contributed by atoms with E-state index in [-0.39, 0.29) is 16.8 Å². The summed E-state index contributed by atoms with van der Waals surface area (Å²) in [6.45, 7) is 1.84. The van der Waals surface area contributed by atoms with E-state index in [1.807, 2.05) is 37.3 Å². The third-order valence-electron chi connectivity index (χ3n) is 3.20. The molecule has 0 fully saturated rings. The van der Waals surface area contributed by atoms with Gasteiger partial charge >= 0.3 is 0 Å². The molecule has 23 heavy (non-hydrogen) atoms. The fourth-order valence-electron chi connectivity index (χ4n) is 1.98. The average Bonchev–Trinajstić information content (AvgIpc) is 2.53. The first-order valence-electron chi connectivity index (χ1n) is 6.96. The van der Waals surface area contributed by atoms with Crippen molar-refractivity contribution in [1.29, 1.82) is 0 Å². The van der Waals surface area contributed by atoms with Gasteiger partial charge in [0.25, 0.3) is 0 Å². The summed E-state index contributed by atoms with van der Waals surface area (Å²) in [5.74, 6) is 0.241. The molecule has 1 atom stereocenters. The van der Waals surface area contributed by atoms with Crippen molar-refractivity contribution in [3.8, 4) is 0 Å². The monoisotopic (exact) mass is 350 g/mol. The molecule has 0 bridgehead atoms. The van der Waals surface area contributed by atoms with Gasteiger partial charge in [-0.2, -0.15) is 0 Å². The highest BCUT2D eigenvalue weighted by atomic mass is 32.2. The molecule has 0 radical (unpaired) electrons. The maximum Gasteiger partial charge on any atom is 0.238 e. The molecule has 0 aliphatic carbocycles. The molecule has 2 aromatic carbocycles. The van der Waals surface area contributed by atoms with Crippen LogP contribution in [0.3, 0.4) is 0 Å². The Balaban J connectivity index is 1.90. The first-order chi connectivity index (χ1) is 10.9. The van der Waals surface area contributed by atoms with E-state index in [1.54, 1.807) is 12.1 Å². The van der Waals surface area contributed by atoms with E-state index < -0.39 is 10.0 Å². The summed E-state index contributed by atoms with van der Waals surface area (Å²) in [6, 6.07) is 15.6. The highest BCUT2D eigenvalue weighted by Crippen LogP contribution is 2.18. The van der Waals surface area contributed by atoms with Gasteiger partial charge in [0.1, 0.15) is 0 Å². The molecule has 122 valence electrons. The number of carbonyl (C=O) groups is 1. The summed E-state index contributed by atoms with van der Waals surface area (Å²) in [5.41, 5.74) is 0.815. The maximum atomic E-state index is 12.0. The highest BCUT2D eigenvalue weighted by Gasteiger charge is 2.12. The van der Waals surface area contributed by atoms with Crippen LogP contribution in [0.25, 0.3) is 0 Å². The van der Waals surface area contributed by atoms with Crippen LogP contribution in [0, 0.1) is 0 Å². The third kappa shape index (κ3) is 5.38. The number of hydrogen-bond donors (Lipinski definition) is 2. The van der Waals surface area contributed by atoms with Crippen LogP contribution >= 0.6 is 11.8 Å². The van der Waals surface area contributed by atoms with Crippen LogP contribution in [-0.2, 0) is 14.8 Å². The van der Waals surface area contributed by atoms with Crippen molar-refractivity contribution in [1.82, 2.24) is 5.32 Å². The van der Waals surface area contributed by atoms with Crippen LogP contribution in [0.2, 0.25) is 0 Å². The fourth-order valence-corrected chi connectivity index (χ4v) is 3.22. The lowest BCUT2D eigenvalue weighted by Gasteiger charge is -2.14. The molecule has 0 aliphatic heterocycles. The molecule has 7 heteroatoms. The predicted octanol–water partition coefficient (Wildman–Crippen LogP) is 2.30. The van der Waals surface area contributed by atoms with Crippen LogP contribution in [0.15, 0.2) is 64.4 Å². The number of rotatable bonds is 6. The Morgan fingerprint density at radius 1 is 1.13 bits per heavy atom. The summed E-state index contributed by atoms with van der Waals surface area (Å²) >= 11 is 1.46. The van der Waals surface area contributed by atoms with Gasteiger partial charge in [-0.15, -0.1) is 11.8 Å². The molecule has 0 saturated carbocycles. The van der Waals surface area contributed by atoms with E-state index in [0.29, 0.717) is 5.75 Å². The first-order valence-corrected chi connectivity index (χ1v) is 9.49. The number of nitrogens with one attached hydrogen (secondary N) is 1. The van der Waals surface area contributed by atoms with Gasteiger partial charge in [0.05, 0.1) is 16.7 Å². The van der Waals surface area contributed by atoms with Crippen LogP contribution in [0.4, 0.5) is 0 Å². The second-order valence-corrected chi connectivity index (χ2v) is 7.62. The van der Waals surface area contributed by atoms with Crippen LogP contribution in [0.5, 0.6) is 0 Å². The van der Waals surface area contributed by atoms with Gasteiger partial charge in [0.2, 0.25) is 15.9 Å². The predicted molar refractivity (Wildman–Crippen MR) is 91.5 cm³/mol. The second-order valence-electron chi connectivity index (χ2n) is 5.00. The van der Waals surface area contributed by atoms with Gasteiger partial charge in [-0.3, -0.25) is 4.79 Å². The number of nitrogens with two attached hydrogens (primary N) is 1. The highest BCUT2D eigenvalue weighted by molar-refractivity contribution is 8.00. The summed E-state index contributed by atoms with van der Waals surface area (Å²) < 4.78 is 22.4. The van der Waals surface area contributed by atoms with E-state index in [9.17, 15) is 13.2 Å². The molecule has 1 amide bonds. The normalized spacial score (nSPS) is 12.6. The van der Waals surface area contributed by atoms with Crippen molar-refractivity contribution in [2.75, 3.05) is 5.75 Å². The van der Waals surface area contributed by atoms with Gasteiger partial charge in [0.15, 0.2) is 0 Å². The Hall–Kier alpha value is -1.83. The zero-order valence-electron chi connectivity index (χ0n) is 12.6. The van der Waals surface area contributed by atoms with Gasteiger partial charge in [0, 0.05) is 4.90 Å². The smallest absolute Gasteiger partial charge is 0.238 e. The summed E-state index contributed by atoms with van der Waals surface area (Å²) in [6.07, 6.45) is 0. The molecule has 0 aromatic heterocycles. The van der Waals surface area contributed by atoms with Crippen molar-refractivity contribution < 1.29 is 13.2 Å². The van der Waals surface area contributed by atoms with Crippen molar-refractivity contribution >= 4 is 27.7 Å². The molecule has 2 rings (SSSR count). The summed E-state index contributed by atoms with van der Waals surface area (Å²) in [5, 5.41) is 7.94. The van der Waals surface area contributed by atoms with Gasteiger partial charge < -0.3 is 5.32 Å². The molecule has 3 N–H and O–H groups in total. The number of benzene rings is 2. The maximum absolute atomic E-state index is 12.0. The minimum Gasteiger partial charge on any atom is -0.349 e. The lowest BCUT2D eigenvalue weighted by molar-refractivity contribution is -0.119. The Labute approximate surface area is 140 Å². The Kier molecular flexibility index (Phi) is 5.81. The minimum atomic E-state index is -3.70. The van der Waals surface area contributed by atoms with Crippen LogP contribution in [0.1, 0.15) is 18.5 Å². The fraction of sp³-hybridized carbons (Fsp3) is 0.188. The number of thioether (sulfide) groups is 1. The Morgan fingerprint density at radius 3 is 2.30 bits per heavy atom. The summed E-state index contributed by atoms with van der Waals surface area (Å²) in [7, 11) is -3.70. The molecular weight excluding hydrogens is 332 g/mol. The number of sulfonamides is 1. The van der Waals surface area contributed by atoms with Crippen molar-refractivity contribution in [2.45, 2.75) is 22.8 Å². The Morgan fingerprint density at radius 2 is 1.74 bits per heavy atom. The lowest BCUT2D eigenvalue weighted by Crippen LogP contribution is -2.28. The molecule has 0 aliphatic rings. The number of hydrogen-bond acceptors (Lipinski definition) is 4. The van der Waals surface area contributed by atoms with Crippen LogP contribution in [-0.4, -0.2) is 20.1 Å². The number of amides is 1. The SMILES string of the molecule is C[C@@H](NC(=O)CSc1ccccc1)c1ccc(S(N)(=O)=O)cc1. The van der Waals surface area contributed by atoms with E-state index in [1.165, 1.54) is 23.9 Å². The van der Waals surface area contributed by atoms with E-state index in [0.717, 1.165) is 10.5 Å². The third-order valence-corrected chi connectivity index (χ3v) is 5.14. The first kappa shape index (κ1) is 17.5. The number of carbonyl (C=O) groups excluding carboxylic acids is 1. The minimum absolute atomic E-state index is 0.0550. The van der Waals surface area contributed by atoms with Crippen molar-refractivity contribution in [3.05, 3.63) is 60.2 Å². The summed E-state index contributed by atoms with van der Waals surface area (Å²) in [4.78, 5) is 13.1. The average molecular weight is 350 g/mol. The molecule has 0 unspecified atom stereocenters. The zero-order valence-corrected chi connectivity index (χ0v) is 14.2. The zero-order chi connectivity index (χ0) is 16.9. The lowest BCUT2D eigenvalue weighted by atomic mass is 10.1. The van der Waals surface area contributed by atoms with E-state index in [2.05, 4.69) is 5.32 Å². The van der Waals surface area contributed by atoms with Gasteiger partial charge in [-0.05, 0) is 36.8 Å². The van der Waals surface area contributed by atoms with Gasteiger partial charge in [-0.1, -0.05) is 30.3 Å². The largest absolute Gasteiger partial charge is 0.349 e. The van der Waals surface area contributed by atoms with E-state index >= 15 is 0 Å². The quantitative estimate of drug-likeness (QED) is 0.782. The van der Waals surface area contributed by atoms with Crippen LogP contribution < -0.4 is 10.5 Å². The molecule has 0 spiro atoms. The molecule has 0 saturated heterocycles. The van der Waals surface area contributed by atoms with Crippen molar-refractivity contribution in [3.63, 3.8) is 0 Å². The molecule has 5 nitrogen and oxygen atoms in total. The topological polar surface area (TPSA) is 89.3 Å². The molecule has 0 heterocycles. The van der Waals surface area contributed by atoms with E-state index in [4.69, 9.17) is 5.14 Å².